The molecule has 0 unspecified atom stereocenters. The van der Waals surface area contributed by atoms with Crippen molar-refractivity contribution in [2.75, 3.05) is 5.73 Å². The van der Waals surface area contributed by atoms with Crippen molar-refractivity contribution in [2.24, 2.45) is 0 Å². The number of halogens is 1. The molecule has 0 aliphatic carbocycles. The van der Waals surface area contributed by atoms with E-state index in [1.165, 1.54) is 0 Å². The Balaban J connectivity index is 2.36. The van der Waals surface area contributed by atoms with Crippen LogP contribution in [0.1, 0.15) is 0 Å². The van der Waals surface area contributed by atoms with Crippen molar-refractivity contribution in [3.63, 3.8) is 0 Å². The molecular weight excluding hydrogens is 232 g/mol. The first-order chi connectivity index (χ1) is 8.27. The molecule has 0 bridgehead atoms. The Labute approximate surface area is 104 Å². The highest BCUT2D eigenvalue weighted by Crippen LogP contribution is 2.29. The molecule has 0 radical (unpaired) electrons. The zero-order valence-electron chi connectivity index (χ0n) is 9.10. The van der Waals surface area contributed by atoms with Gasteiger partial charge in [-0.3, -0.25) is 0 Å². The van der Waals surface area contributed by atoms with Gasteiger partial charge < -0.3 is 10.3 Å². The van der Waals surface area contributed by atoms with Gasteiger partial charge in [0.15, 0.2) is 0 Å². The molecule has 84 valence electrons. The van der Waals surface area contributed by atoms with E-state index >= 15 is 0 Å². The van der Waals surface area contributed by atoms with E-state index in [2.05, 4.69) is 0 Å². The summed E-state index contributed by atoms with van der Waals surface area (Å²) in [4.78, 5) is 0. The van der Waals surface area contributed by atoms with Crippen molar-refractivity contribution in [2.45, 2.75) is 0 Å². The van der Waals surface area contributed by atoms with E-state index < -0.39 is 0 Å². The molecule has 3 heteroatoms. The predicted molar refractivity (Wildman–Crippen MR) is 72.7 cm³/mol. The Morgan fingerprint density at radius 2 is 1.76 bits per heavy atom. The smallest absolute Gasteiger partial charge is 0.0716 e. The van der Waals surface area contributed by atoms with Gasteiger partial charge in [0.05, 0.1) is 21.9 Å². The Morgan fingerprint density at radius 1 is 0.941 bits per heavy atom. The van der Waals surface area contributed by atoms with Crippen LogP contribution in [-0.4, -0.2) is 4.57 Å². The number of nitrogens with two attached hydrogens (primary N) is 1. The Hall–Kier alpha value is -1.93. The van der Waals surface area contributed by atoms with E-state index in [1.54, 1.807) is 0 Å². The number of nitrogens with zero attached hydrogens (tertiary/aromatic N) is 1. The number of hydrogen-bond acceptors (Lipinski definition) is 1. The van der Waals surface area contributed by atoms with Crippen LogP contribution < -0.4 is 5.73 Å². The Morgan fingerprint density at radius 3 is 2.59 bits per heavy atom. The molecule has 17 heavy (non-hydrogen) atoms. The summed E-state index contributed by atoms with van der Waals surface area (Å²) in [6.07, 6.45) is 1.99. The van der Waals surface area contributed by atoms with Crippen molar-refractivity contribution < 1.29 is 0 Å². The number of aromatic nitrogens is 1. The van der Waals surface area contributed by atoms with Gasteiger partial charge in [0, 0.05) is 11.6 Å². The maximum Gasteiger partial charge on any atom is 0.0716 e. The van der Waals surface area contributed by atoms with Gasteiger partial charge in [0.2, 0.25) is 0 Å². The van der Waals surface area contributed by atoms with Crippen LogP contribution >= 0.6 is 11.6 Å². The fourth-order valence-corrected chi connectivity index (χ4v) is 2.33. The number of fused-ring (bicyclic) bond motifs is 1. The minimum atomic E-state index is 0.732. The van der Waals surface area contributed by atoms with Crippen LogP contribution in [0.4, 0.5) is 5.69 Å². The van der Waals surface area contributed by atoms with Crippen molar-refractivity contribution >= 4 is 28.2 Å². The number of rotatable bonds is 1. The maximum atomic E-state index is 6.24. The molecule has 3 rings (SSSR count). The van der Waals surface area contributed by atoms with E-state index in [-0.39, 0.29) is 0 Å². The number of anilines is 1. The monoisotopic (exact) mass is 242 g/mol. The van der Waals surface area contributed by atoms with Crippen LogP contribution in [0.5, 0.6) is 0 Å². The lowest BCUT2D eigenvalue weighted by molar-refractivity contribution is 1.13. The third-order valence-electron chi connectivity index (χ3n) is 2.86. The lowest BCUT2D eigenvalue weighted by Crippen LogP contribution is -1.97. The largest absolute Gasteiger partial charge is 0.397 e. The highest BCUT2D eigenvalue weighted by atomic mass is 35.5. The first kappa shape index (κ1) is 10.2. The topological polar surface area (TPSA) is 30.9 Å². The molecule has 0 spiro atoms. The number of nitrogen functional groups attached to an aromatic ring is 1. The summed E-state index contributed by atoms with van der Waals surface area (Å²) in [5, 5.41) is 1.84. The van der Waals surface area contributed by atoms with E-state index in [1.807, 2.05) is 59.3 Å². The second kappa shape index (κ2) is 3.82. The fourth-order valence-electron chi connectivity index (χ4n) is 2.06. The first-order valence-corrected chi connectivity index (χ1v) is 5.75. The summed E-state index contributed by atoms with van der Waals surface area (Å²) in [6.45, 7) is 0. The zero-order chi connectivity index (χ0) is 11.8. The van der Waals surface area contributed by atoms with Gasteiger partial charge >= 0.3 is 0 Å². The standard InChI is InChI=1S/C14H11ClN2/c15-11-5-3-4-10-8-9-17(14(10)11)13-7-2-1-6-12(13)16/h1-9H,16H2. The van der Waals surface area contributed by atoms with E-state index in [4.69, 9.17) is 17.3 Å². The SMILES string of the molecule is Nc1ccccc1-n1ccc2cccc(Cl)c21. The Bertz CT molecular complexity index is 686. The summed E-state index contributed by atoms with van der Waals surface area (Å²) in [6, 6.07) is 15.7. The molecule has 0 amide bonds. The first-order valence-electron chi connectivity index (χ1n) is 5.38. The molecule has 0 atom stereocenters. The predicted octanol–water partition coefficient (Wildman–Crippen LogP) is 3.87. The molecule has 3 aromatic rings. The van der Waals surface area contributed by atoms with Gasteiger partial charge in [-0.25, -0.2) is 0 Å². The zero-order valence-corrected chi connectivity index (χ0v) is 9.85. The molecule has 2 nitrogen and oxygen atoms in total. The molecule has 0 saturated heterocycles. The van der Waals surface area contributed by atoms with Crippen LogP contribution in [0.15, 0.2) is 54.7 Å². The molecular formula is C14H11ClN2. The van der Waals surface area contributed by atoms with Gasteiger partial charge in [0.1, 0.15) is 0 Å². The molecule has 1 heterocycles. The third kappa shape index (κ3) is 1.58. The van der Waals surface area contributed by atoms with E-state index in [0.717, 1.165) is 27.3 Å². The molecule has 2 aromatic carbocycles. The number of para-hydroxylation sites is 3. The third-order valence-corrected chi connectivity index (χ3v) is 3.16. The number of benzene rings is 2. The summed E-state index contributed by atoms with van der Waals surface area (Å²) >= 11 is 6.24. The molecule has 0 aliphatic heterocycles. The van der Waals surface area contributed by atoms with Crippen LogP contribution in [-0.2, 0) is 0 Å². The lowest BCUT2D eigenvalue weighted by atomic mass is 10.2. The van der Waals surface area contributed by atoms with Crippen molar-refractivity contribution in [1.82, 2.24) is 4.57 Å². The second-order valence-electron chi connectivity index (χ2n) is 3.92. The van der Waals surface area contributed by atoms with Crippen molar-refractivity contribution in [3.05, 3.63) is 59.8 Å². The van der Waals surface area contributed by atoms with Crippen molar-refractivity contribution in [1.29, 1.82) is 0 Å². The van der Waals surface area contributed by atoms with Crippen molar-refractivity contribution in [3.8, 4) is 5.69 Å². The molecule has 2 N–H and O–H groups in total. The van der Waals surface area contributed by atoms with Gasteiger partial charge in [-0.05, 0) is 24.3 Å². The summed E-state index contributed by atoms with van der Waals surface area (Å²) in [5.74, 6) is 0. The van der Waals surface area contributed by atoms with E-state index in [0.29, 0.717) is 0 Å². The lowest BCUT2D eigenvalue weighted by Gasteiger charge is -2.09. The number of hydrogen-bond donors (Lipinski definition) is 1. The highest BCUT2D eigenvalue weighted by Gasteiger charge is 2.08. The minimum Gasteiger partial charge on any atom is -0.397 e. The quantitative estimate of drug-likeness (QED) is 0.646. The Kier molecular flexibility index (Phi) is 2.30. The minimum absolute atomic E-state index is 0.732. The average molecular weight is 243 g/mol. The van der Waals surface area contributed by atoms with Gasteiger partial charge in [-0.1, -0.05) is 35.9 Å². The van der Waals surface area contributed by atoms with Crippen LogP contribution in [0.2, 0.25) is 5.02 Å². The fraction of sp³-hybridized carbons (Fsp3) is 0. The van der Waals surface area contributed by atoms with Crippen LogP contribution in [0, 0.1) is 0 Å². The highest BCUT2D eigenvalue weighted by molar-refractivity contribution is 6.35. The van der Waals surface area contributed by atoms with E-state index in [9.17, 15) is 0 Å². The average Bonchev–Trinajstić information content (AvgIpc) is 2.75. The summed E-state index contributed by atoms with van der Waals surface area (Å²) in [7, 11) is 0. The molecule has 0 fully saturated rings. The molecule has 1 aromatic heterocycles. The maximum absolute atomic E-state index is 6.24. The second-order valence-corrected chi connectivity index (χ2v) is 4.33. The van der Waals surface area contributed by atoms with Crippen LogP contribution in [0.3, 0.4) is 0 Å². The normalized spacial score (nSPS) is 10.9. The van der Waals surface area contributed by atoms with Gasteiger partial charge in [-0.2, -0.15) is 0 Å². The molecule has 0 aliphatic rings. The summed E-state index contributed by atoms with van der Waals surface area (Å²) < 4.78 is 2.02. The summed E-state index contributed by atoms with van der Waals surface area (Å²) in [5.41, 5.74) is 8.68. The van der Waals surface area contributed by atoms with Gasteiger partial charge in [0.25, 0.3) is 0 Å². The molecule has 0 saturated carbocycles. The van der Waals surface area contributed by atoms with Crippen LogP contribution in [0.25, 0.3) is 16.6 Å². The van der Waals surface area contributed by atoms with Gasteiger partial charge in [-0.15, -0.1) is 0 Å².